The lowest BCUT2D eigenvalue weighted by Crippen LogP contribution is -2.12. The molecule has 0 atom stereocenters. The molecule has 6 nitrogen and oxygen atoms in total. The van der Waals surface area contributed by atoms with Gasteiger partial charge in [-0.3, -0.25) is 4.79 Å². The van der Waals surface area contributed by atoms with E-state index in [1.165, 1.54) is 23.5 Å². The molecule has 0 aliphatic rings. The van der Waals surface area contributed by atoms with Crippen molar-refractivity contribution in [2.24, 2.45) is 0 Å². The van der Waals surface area contributed by atoms with Gasteiger partial charge in [0.2, 0.25) is 17.7 Å². The fraction of sp³-hybridized carbons (Fsp3) is 0.143. The largest absolute Gasteiger partial charge is 0.421 e. The molecule has 0 radical (unpaired) electrons. The van der Waals surface area contributed by atoms with Gasteiger partial charge in [0.1, 0.15) is 0 Å². The molecular formula is C21H15F3N4O2S. The molecule has 0 unspecified atom stereocenters. The number of nitrogens with one attached hydrogen (secondary N) is 1. The molecule has 0 spiro atoms. The van der Waals surface area contributed by atoms with Gasteiger partial charge in [-0.05, 0) is 18.2 Å². The predicted molar refractivity (Wildman–Crippen MR) is 109 cm³/mol. The molecule has 0 aliphatic heterocycles. The quantitative estimate of drug-likeness (QED) is 0.428. The molecule has 2 aromatic carbocycles. The normalized spacial score (nSPS) is 11.5. The minimum absolute atomic E-state index is 0.0334. The van der Waals surface area contributed by atoms with E-state index in [1.807, 2.05) is 35.7 Å². The molecule has 0 aliphatic carbocycles. The summed E-state index contributed by atoms with van der Waals surface area (Å²) in [4.78, 5) is 16.6. The minimum atomic E-state index is -4.47. The van der Waals surface area contributed by atoms with E-state index in [1.54, 1.807) is 0 Å². The summed E-state index contributed by atoms with van der Waals surface area (Å²) in [5, 5.41) is 12.6. The van der Waals surface area contributed by atoms with Crippen LogP contribution in [-0.2, 0) is 17.4 Å². The number of nitrogens with zero attached hydrogens (tertiary/aromatic N) is 3. The van der Waals surface area contributed by atoms with Gasteiger partial charge in [0.15, 0.2) is 5.13 Å². The molecule has 1 amide bonds. The number of hydrogen-bond acceptors (Lipinski definition) is 6. The highest BCUT2D eigenvalue weighted by molar-refractivity contribution is 7.14. The second-order valence-electron chi connectivity index (χ2n) is 6.53. The molecule has 1 N–H and O–H groups in total. The second-order valence-corrected chi connectivity index (χ2v) is 7.39. The van der Waals surface area contributed by atoms with Gasteiger partial charge in [-0.2, -0.15) is 13.2 Å². The van der Waals surface area contributed by atoms with Crippen LogP contribution in [0.1, 0.15) is 17.9 Å². The fourth-order valence-corrected chi connectivity index (χ4v) is 3.51. The standard InChI is InChI=1S/C21H15F3N4O2S/c22-21(23,24)15-8-4-7-14(11-15)19-28-27-18(30-19)10-9-17(29)26-20-25-16(12-31-20)13-5-2-1-3-6-13/h1-8,11-12H,9-10H2,(H,25,26,29). The number of thiazole rings is 1. The molecular weight excluding hydrogens is 429 g/mol. The van der Waals surface area contributed by atoms with Crippen molar-refractivity contribution < 1.29 is 22.4 Å². The summed E-state index contributed by atoms with van der Waals surface area (Å²) in [6, 6.07) is 14.2. The van der Waals surface area contributed by atoms with Crippen LogP contribution < -0.4 is 5.32 Å². The molecule has 4 rings (SSSR count). The minimum Gasteiger partial charge on any atom is -0.421 e. The maximum absolute atomic E-state index is 12.9. The van der Waals surface area contributed by atoms with Crippen LogP contribution in [0.15, 0.2) is 64.4 Å². The molecule has 0 saturated carbocycles. The zero-order chi connectivity index (χ0) is 21.8. The van der Waals surface area contributed by atoms with Crippen molar-refractivity contribution >= 4 is 22.4 Å². The Morgan fingerprint density at radius 3 is 2.58 bits per heavy atom. The number of alkyl halides is 3. The van der Waals surface area contributed by atoms with Crippen molar-refractivity contribution in [1.29, 1.82) is 0 Å². The molecule has 2 aromatic heterocycles. The molecule has 10 heteroatoms. The average molecular weight is 444 g/mol. The Labute approximate surface area is 178 Å². The van der Waals surface area contributed by atoms with Crippen LogP contribution in [-0.4, -0.2) is 21.1 Å². The summed E-state index contributed by atoms with van der Waals surface area (Å²) in [6.45, 7) is 0. The van der Waals surface area contributed by atoms with Crippen molar-refractivity contribution in [3.05, 3.63) is 71.4 Å². The van der Waals surface area contributed by atoms with Crippen molar-refractivity contribution in [1.82, 2.24) is 15.2 Å². The van der Waals surface area contributed by atoms with Gasteiger partial charge in [0.25, 0.3) is 0 Å². The Bertz CT molecular complexity index is 1190. The number of anilines is 1. The summed E-state index contributed by atoms with van der Waals surface area (Å²) >= 11 is 1.31. The lowest BCUT2D eigenvalue weighted by atomic mass is 10.1. The van der Waals surface area contributed by atoms with Crippen LogP contribution in [0.2, 0.25) is 0 Å². The van der Waals surface area contributed by atoms with Gasteiger partial charge in [-0.1, -0.05) is 36.4 Å². The number of hydrogen-bond donors (Lipinski definition) is 1. The average Bonchev–Trinajstić information content (AvgIpc) is 3.42. The first-order valence-corrected chi connectivity index (χ1v) is 10.1. The SMILES string of the molecule is O=C(CCc1nnc(-c2cccc(C(F)(F)F)c2)o1)Nc1nc(-c2ccccc2)cs1. The molecule has 0 fully saturated rings. The summed E-state index contributed by atoms with van der Waals surface area (Å²) in [6.07, 6.45) is -4.26. The van der Waals surface area contributed by atoms with E-state index in [2.05, 4.69) is 20.5 Å². The maximum atomic E-state index is 12.9. The monoisotopic (exact) mass is 444 g/mol. The first-order valence-electron chi connectivity index (χ1n) is 9.19. The second kappa shape index (κ2) is 8.68. The molecule has 0 saturated heterocycles. The maximum Gasteiger partial charge on any atom is 0.416 e. The Morgan fingerprint density at radius 1 is 1.03 bits per heavy atom. The van der Waals surface area contributed by atoms with Crippen LogP contribution in [0.3, 0.4) is 0 Å². The van der Waals surface area contributed by atoms with Gasteiger partial charge in [0, 0.05) is 29.3 Å². The molecule has 4 aromatic rings. The number of rotatable bonds is 6. The lowest BCUT2D eigenvalue weighted by Gasteiger charge is -2.06. The first-order chi connectivity index (χ1) is 14.9. The van der Waals surface area contributed by atoms with Crippen molar-refractivity contribution in [2.75, 3.05) is 5.32 Å². The highest BCUT2D eigenvalue weighted by Gasteiger charge is 2.30. The summed E-state index contributed by atoms with van der Waals surface area (Å²) in [5.74, 6) is -0.159. The third-order valence-corrected chi connectivity index (χ3v) is 5.05. The van der Waals surface area contributed by atoms with Crippen molar-refractivity contribution in [3.63, 3.8) is 0 Å². The first kappa shape index (κ1) is 20.7. The molecule has 0 bridgehead atoms. The number of aryl methyl sites for hydroxylation is 1. The van der Waals surface area contributed by atoms with Crippen LogP contribution in [0.5, 0.6) is 0 Å². The van der Waals surface area contributed by atoms with Crippen molar-refractivity contribution in [2.45, 2.75) is 19.0 Å². The van der Waals surface area contributed by atoms with Gasteiger partial charge < -0.3 is 9.73 Å². The highest BCUT2D eigenvalue weighted by Crippen LogP contribution is 2.32. The van der Waals surface area contributed by atoms with Crippen LogP contribution in [0.25, 0.3) is 22.7 Å². The molecule has 158 valence electrons. The number of carbonyl (C=O) groups excluding carboxylic acids is 1. The predicted octanol–water partition coefficient (Wildman–Crippen LogP) is 5.45. The van der Waals surface area contributed by atoms with E-state index in [0.717, 1.165) is 23.4 Å². The number of carbonyl (C=O) groups is 1. The Hall–Kier alpha value is -3.53. The smallest absolute Gasteiger partial charge is 0.416 e. The van der Waals surface area contributed by atoms with E-state index < -0.39 is 11.7 Å². The summed E-state index contributed by atoms with van der Waals surface area (Å²) in [5.41, 5.74) is 1.08. The van der Waals surface area contributed by atoms with E-state index in [4.69, 9.17) is 4.42 Å². The number of halogens is 3. The van der Waals surface area contributed by atoms with E-state index in [0.29, 0.717) is 5.13 Å². The third kappa shape index (κ3) is 5.15. The number of amides is 1. The Morgan fingerprint density at radius 2 is 1.81 bits per heavy atom. The fourth-order valence-electron chi connectivity index (χ4n) is 2.77. The van der Waals surface area contributed by atoms with Gasteiger partial charge in [-0.15, -0.1) is 21.5 Å². The van der Waals surface area contributed by atoms with Crippen LogP contribution in [0, 0.1) is 0 Å². The van der Waals surface area contributed by atoms with E-state index in [-0.39, 0.29) is 36.1 Å². The Kier molecular flexibility index (Phi) is 5.81. The van der Waals surface area contributed by atoms with Crippen LogP contribution >= 0.6 is 11.3 Å². The van der Waals surface area contributed by atoms with Crippen LogP contribution in [0.4, 0.5) is 18.3 Å². The third-order valence-electron chi connectivity index (χ3n) is 4.29. The Balaban J connectivity index is 1.35. The van der Waals surface area contributed by atoms with Gasteiger partial charge >= 0.3 is 6.18 Å². The summed E-state index contributed by atoms with van der Waals surface area (Å²) in [7, 11) is 0. The zero-order valence-electron chi connectivity index (χ0n) is 15.9. The topological polar surface area (TPSA) is 80.9 Å². The molecule has 31 heavy (non-hydrogen) atoms. The lowest BCUT2D eigenvalue weighted by molar-refractivity contribution is -0.137. The highest BCUT2D eigenvalue weighted by atomic mass is 32.1. The summed E-state index contributed by atoms with van der Waals surface area (Å²) < 4.78 is 44.0. The van der Waals surface area contributed by atoms with E-state index in [9.17, 15) is 18.0 Å². The number of aromatic nitrogens is 3. The zero-order valence-corrected chi connectivity index (χ0v) is 16.7. The molecule has 2 heterocycles. The number of benzene rings is 2. The van der Waals surface area contributed by atoms with Gasteiger partial charge in [-0.25, -0.2) is 4.98 Å². The van der Waals surface area contributed by atoms with E-state index >= 15 is 0 Å². The van der Waals surface area contributed by atoms with Crippen molar-refractivity contribution in [3.8, 4) is 22.7 Å². The van der Waals surface area contributed by atoms with Gasteiger partial charge in [0.05, 0.1) is 11.3 Å².